The molecule has 24 heavy (non-hydrogen) atoms. The molecule has 3 rings (SSSR count). The van der Waals surface area contributed by atoms with Gasteiger partial charge in [-0.3, -0.25) is 9.59 Å². The molecule has 6 nitrogen and oxygen atoms in total. The lowest BCUT2D eigenvalue weighted by Gasteiger charge is -2.24. The highest BCUT2D eigenvalue weighted by molar-refractivity contribution is 6.04. The number of para-hydroxylation sites is 1. The maximum atomic E-state index is 13.9. The van der Waals surface area contributed by atoms with Gasteiger partial charge in [-0.15, -0.1) is 0 Å². The van der Waals surface area contributed by atoms with Gasteiger partial charge in [-0.1, -0.05) is 12.1 Å². The Morgan fingerprint density at radius 1 is 1.33 bits per heavy atom. The average molecular weight is 329 g/mol. The van der Waals surface area contributed by atoms with E-state index in [2.05, 4.69) is 4.98 Å². The zero-order chi connectivity index (χ0) is 17.3. The third kappa shape index (κ3) is 2.68. The zero-order valence-electron chi connectivity index (χ0n) is 13.0. The number of nitrogens with zero attached hydrogens (tertiary/aromatic N) is 3. The zero-order valence-corrected chi connectivity index (χ0v) is 13.0. The Bertz CT molecular complexity index is 796. The van der Waals surface area contributed by atoms with E-state index in [1.165, 1.54) is 47.3 Å². The summed E-state index contributed by atoms with van der Waals surface area (Å²) in [4.78, 5) is 31.5. The number of rotatable bonds is 3. The first-order valence-electron chi connectivity index (χ1n) is 7.47. The van der Waals surface area contributed by atoms with Gasteiger partial charge in [-0.25, -0.2) is 9.37 Å². The summed E-state index contributed by atoms with van der Waals surface area (Å²) in [6, 6.07) is 8.16. The molecule has 2 heterocycles. The summed E-state index contributed by atoms with van der Waals surface area (Å²) in [6.07, 6.45) is 1.77. The molecule has 1 aliphatic heterocycles. The SMILES string of the molecule is CN(C(=O)c1ncccc1O)C1CCN(c2ccccc2F)C1=O. The van der Waals surface area contributed by atoms with E-state index in [-0.39, 0.29) is 23.0 Å². The molecular weight excluding hydrogens is 313 g/mol. The highest BCUT2D eigenvalue weighted by Gasteiger charge is 2.38. The van der Waals surface area contributed by atoms with Crippen LogP contribution in [0.4, 0.5) is 10.1 Å². The molecule has 2 aromatic rings. The van der Waals surface area contributed by atoms with Crippen LogP contribution in [0.2, 0.25) is 0 Å². The minimum absolute atomic E-state index is 0.114. The Morgan fingerprint density at radius 2 is 2.08 bits per heavy atom. The van der Waals surface area contributed by atoms with E-state index in [1.54, 1.807) is 12.1 Å². The number of aromatic hydroxyl groups is 1. The molecular formula is C17H16FN3O3. The maximum Gasteiger partial charge on any atom is 0.276 e. The lowest BCUT2D eigenvalue weighted by atomic mass is 10.2. The number of hydrogen-bond donors (Lipinski definition) is 1. The van der Waals surface area contributed by atoms with Crippen LogP contribution in [-0.2, 0) is 4.79 Å². The molecule has 1 aromatic carbocycles. The predicted molar refractivity (Wildman–Crippen MR) is 85.2 cm³/mol. The van der Waals surface area contributed by atoms with Crippen molar-refractivity contribution in [3.63, 3.8) is 0 Å². The Balaban J connectivity index is 1.81. The summed E-state index contributed by atoms with van der Waals surface area (Å²) in [6.45, 7) is 0.316. The molecule has 1 unspecified atom stereocenters. The average Bonchev–Trinajstić information content (AvgIpc) is 2.96. The molecule has 0 bridgehead atoms. The van der Waals surface area contributed by atoms with Gasteiger partial charge < -0.3 is 14.9 Å². The van der Waals surface area contributed by atoms with E-state index in [0.29, 0.717) is 13.0 Å². The number of pyridine rings is 1. The molecule has 1 aromatic heterocycles. The molecule has 1 fully saturated rings. The molecule has 0 saturated carbocycles. The lowest BCUT2D eigenvalue weighted by Crippen LogP contribution is -2.43. The van der Waals surface area contributed by atoms with Crippen LogP contribution in [0.25, 0.3) is 0 Å². The van der Waals surface area contributed by atoms with Crippen molar-refractivity contribution in [2.75, 3.05) is 18.5 Å². The number of carbonyl (C=O) groups excluding carboxylic acids is 2. The normalized spacial score (nSPS) is 17.2. The van der Waals surface area contributed by atoms with Crippen LogP contribution in [0.5, 0.6) is 5.75 Å². The van der Waals surface area contributed by atoms with Gasteiger partial charge in [0.1, 0.15) is 17.6 Å². The monoisotopic (exact) mass is 329 g/mol. The number of aromatic nitrogens is 1. The van der Waals surface area contributed by atoms with Gasteiger partial charge in [0.2, 0.25) is 5.91 Å². The predicted octanol–water partition coefficient (Wildman–Crippen LogP) is 1.80. The number of anilines is 1. The topological polar surface area (TPSA) is 73.7 Å². The molecule has 1 atom stereocenters. The van der Waals surface area contributed by atoms with Crippen molar-refractivity contribution in [1.82, 2.24) is 9.88 Å². The first-order valence-corrected chi connectivity index (χ1v) is 7.47. The summed E-state index contributed by atoms with van der Waals surface area (Å²) in [5, 5.41) is 9.75. The lowest BCUT2D eigenvalue weighted by molar-refractivity contribution is -0.120. The summed E-state index contributed by atoms with van der Waals surface area (Å²) < 4.78 is 13.9. The van der Waals surface area contributed by atoms with Crippen LogP contribution in [0.15, 0.2) is 42.6 Å². The second-order valence-corrected chi connectivity index (χ2v) is 5.53. The Kier molecular flexibility index (Phi) is 4.16. The summed E-state index contributed by atoms with van der Waals surface area (Å²) in [7, 11) is 1.48. The Hall–Kier alpha value is -2.96. The van der Waals surface area contributed by atoms with Crippen LogP contribution >= 0.6 is 0 Å². The summed E-state index contributed by atoms with van der Waals surface area (Å²) in [5.74, 6) is -1.64. The number of likely N-dealkylation sites (N-methyl/N-ethyl adjacent to an activating group) is 1. The van der Waals surface area contributed by atoms with Crippen LogP contribution in [0.1, 0.15) is 16.9 Å². The van der Waals surface area contributed by atoms with E-state index in [0.717, 1.165) is 0 Å². The van der Waals surface area contributed by atoms with E-state index in [9.17, 15) is 19.1 Å². The van der Waals surface area contributed by atoms with Crippen molar-refractivity contribution < 1.29 is 19.1 Å². The van der Waals surface area contributed by atoms with Gasteiger partial charge in [0.15, 0.2) is 5.69 Å². The van der Waals surface area contributed by atoms with Crippen LogP contribution < -0.4 is 4.90 Å². The highest BCUT2D eigenvalue weighted by Crippen LogP contribution is 2.27. The molecule has 1 saturated heterocycles. The van der Waals surface area contributed by atoms with Crippen molar-refractivity contribution in [2.24, 2.45) is 0 Å². The van der Waals surface area contributed by atoms with Crippen molar-refractivity contribution in [3.05, 3.63) is 54.1 Å². The van der Waals surface area contributed by atoms with Gasteiger partial charge in [0.05, 0.1) is 5.69 Å². The van der Waals surface area contributed by atoms with Gasteiger partial charge in [-0.2, -0.15) is 0 Å². The van der Waals surface area contributed by atoms with Crippen molar-refractivity contribution in [1.29, 1.82) is 0 Å². The third-order valence-electron chi connectivity index (χ3n) is 4.10. The van der Waals surface area contributed by atoms with Gasteiger partial charge in [0.25, 0.3) is 5.91 Å². The van der Waals surface area contributed by atoms with Crippen molar-refractivity contribution in [3.8, 4) is 5.75 Å². The van der Waals surface area contributed by atoms with Gasteiger partial charge in [-0.05, 0) is 30.7 Å². The third-order valence-corrected chi connectivity index (χ3v) is 4.10. The molecule has 2 amide bonds. The second kappa shape index (κ2) is 6.27. The van der Waals surface area contributed by atoms with E-state index in [1.807, 2.05) is 0 Å². The van der Waals surface area contributed by atoms with Gasteiger partial charge >= 0.3 is 0 Å². The van der Waals surface area contributed by atoms with E-state index in [4.69, 9.17) is 0 Å². The number of halogens is 1. The number of benzene rings is 1. The summed E-state index contributed by atoms with van der Waals surface area (Å²) in [5.41, 5.74) is 0.0867. The van der Waals surface area contributed by atoms with Crippen LogP contribution in [0.3, 0.4) is 0 Å². The smallest absolute Gasteiger partial charge is 0.276 e. The molecule has 7 heteroatoms. The fourth-order valence-corrected chi connectivity index (χ4v) is 2.80. The van der Waals surface area contributed by atoms with E-state index >= 15 is 0 Å². The van der Waals surface area contributed by atoms with Crippen LogP contribution in [-0.4, -0.2) is 46.4 Å². The van der Waals surface area contributed by atoms with Gasteiger partial charge in [0, 0.05) is 19.8 Å². The first kappa shape index (κ1) is 15.9. The highest BCUT2D eigenvalue weighted by atomic mass is 19.1. The quantitative estimate of drug-likeness (QED) is 0.932. The fraction of sp³-hybridized carbons (Fsp3) is 0.235. The number of amides is 2. The Labute approximate surface area is 138 Å². The van der Waals surface area contributed by atoms with Crippen LogP contribution in [0, 0.1) is 5.82 Å². The minimum atomic E-state index is -0.724. The molecule has 1 aliphatic rings. The molecule has 0 aliphatic carbocycles. The standard InChI is InChI=1S/C17H16FN3O3/c1-20(17(24)15-14(22)7-4-9-19-15)13-8-10-21(16(13)23)12-6-3-2-5-11(12)18/h2-7,9,13,22H,8,10H2,1H3. The number of carbonyl (C=O) groups is 2. The first-order chi connectivity index (χ1) is 11.5. The largest absolute Gasteiger partial charge is 0.505 e. The molecule has 1 N–H and O–H groups in total. The fourth-order valence-electron chi connectivity index (χ4n) is 2.80. The van der Waals surface area contributed by atoms with E-state index < -0.39 is 17.8 Å². The maximum absolute atomic E-state index is 13.9. The van der Waals surface area contributed by atoms with Crippen molar-refractivity contribution >= 4 is 17.5 Å². The summed E-state index contributed by atoms with van der Waals surface area (Å²) >= 11 is 0. The second-order valence-electron chi connectivity index (χ2n) is 5.53. The molecule has 0 spiro atoms. The Morgan fingerprint density at radius 3 is 2.79 bits per heavy atom. The minimum Gasteiger partial charge on any atom is -0.505 e. The molecule has 0 radical (unpaired) electrons. The molecule has 124 valence electrons. The van der Waals surface area contributed by atoms with Crippen molar-refractivity contribution in [2.45, 2.75) is 12.5 Å². The number of hydrogen-bond acceptors (Lipinski definition) is 4.